The Morgan fingerprint density at radius 2 is 1.97 bits per heavy atom. The first-order valence-electron chi connectivity index (χ1n) is 9.83. The van der Waals surface area contributed by atoms with Crippen LogP contribution in [0, 0.1) is 13.8 Å². The predicted molar refractivity (Wildman–Crippen MR) is 112 cm³/mol. The van der Waals surface area contributed by atoms with E-state index >= 15 is 0 Å². The van der Waals surface area contributed by atoms with Crippen LogP contribution in [-0.2, 0) is 12.7 Å². The van der Waals surface area contributed by atoms with Crippen LogP contribution < -0.4 is 15.8 Å². The Bertz CT molecular complexity index is 1290. The third kappa shape index (κ3) is 4.89. The maximum absolute atomic E-state index is 12.9. The molecule has 1 aromatic carbocycles. The average Bonchev–Trinajstić information content (AvgIpc) is 3.43. The molecule has 4 aromatic rings. The first-order valence-corrected chi connectivity index (χ1v) is 9.83. The Morgan fingerprint density at radius 1 is 1.21 bits per heavy atom. The van der Waals surface area contributed by atoms with Gasteiger partial charge in [-0.15, -0.1) is 0 Å². The molecular weight excluding hydrogens is 441 g/mol. The van der Waals surface area contributed by atoms with Crippen LogP contribution in [0.2, 0.25) is 0 Å². The number of imidazole rings is 1. The summed E-state index contributed by atoms with van der Waals surface area (Å²) in [6.07, 6.45) is 0.654. The van der Waals surface area contributed by atoms with Gasteiger partial charge in [0.15, 0.2) is 5.82 Å². The number of H-pyrrole nitrogens is 1. The van der Waals surface area contributed by atoms with E-state index in [0.717, 1.165) is 12.1 Å². The Labute approximate surface area is 185 Å². The van der Waals surface area contributed by atoms with Crippen LogP contribution in [0.25, 0.3) is 11.4 Å². The molecule has 0 radical (unpaired) electrons. The predicted octanol–water partition coefficient (Wildman–Crippen LogP) is 4.08. The zero-order chi connectivity index (χ0) is 23.6. The fraction of sp³-hybridized carbons (Fsp3) is 0.238. The molecule has 3 heterocycles. The van der Waals surface area contributed by atoms with Crippen molar-refractivity contribution in [1.82, 2.24) is 24.7 Å². The normalized spacial score (nSPS) is 11.5. The van der Waals surface area contributed by atoms with E-state index in [0.29, 0.717) is 34.8 Å². The van der Waals surface area contributed by atoms with E-state index in [1.165, 1.54) is 12.1 Å². The third-order valence-corrected chi connectivity index (χ3v) is 4.93. The van der Waals surface area contributed by atoms with Crippen LogP contribution in [-0.4, -0.2) is 31.3 Å². The molecule has 0 spiro atoms. The van der Waals surface area contributed by atoms with E-state index in [-0.39, 0.29) is 18.2 Å². The summed E-state index contributed by atoms with van der Waals surface area (Å²) in [6.45, 7) is 4.36. The smallest absolute Gasteiger partial charge is 0.439 e. The molecule has 0 atom stereocenters. The van der Waals surface area contributed by atoms with Gasteiger partial charge in [0.25, 0.3) is 0 Å². The van der Waals surface area contributed by atoms with Gasteiger partial charge in [0, 0.05) is 29.3 Å². The summed E-state index contributed by atoms with van der Waals surface area (Å²) in [5.41, 5.74) is 1.23. The van der Waals surface area contributed by atoms with Crippen molar-refractivity contribution in [3.8, 4) is 17.1 Å². The molecule has 2 N–H and O–H groups in total. The highest BCUT2D eigenvalue weighted by molar-refractivity contribution is 5.81. The Hall–Kier alpha value is -4.09. The molecule has 0 unspecified atom stereocenters. The molecule has 0 aliphatic carbocycles. The summed E-state index contributed by atoms with van der Waals surface area (Å²) < 4.78 is 51.2. The van der Waals surface area contributed by atoms with E-state index in [1.54, 1.807) is 32.6 Å². The summed E-state index contributed by atoms with van der Waals surface area (Å²) >= 11 is 0. The zero-order valence-electron chi connectivity index (χ0n) is 17.6. The number of halogens is 3. The third-order valence-electron chi connectivity index (χ3n) is 4.93. The van der Waals surface area contributed by atoms with Gasteiger partial charge < -0.3 is 14.6 Å². The van der Waals surface area contributed by atoms with Crippen LogP contribution in [0.3, 0.4) is 0 Å². The molecule has 172 valence electrons. The lowest BCUT2D eigenvalue weighted by atomic mass is 10.1. The highest BCUT2D eigenvalue weighted by Gasteiger charge is 2.30. The molecule has 0 amide bonds. The standard InChI is InChI=1S/C21H19F3N6O3/c1-12-13(2)26-18(27-15-5-3-14(4-6-15)21(22,23)24)16(19-28-20(31)33-29-19)17(12)32-10-9-30-8-7-25-11-30/h3-8,11H,9-10H2,1-2H3,(H,26,27)(H,28,29,31). The van der Waals surface area contributed by atoms with Crippen molar-refractivity contribution >= 4 is 11.5 Å². The zero-order valence-corrected chi connectivity index (χ0v) is 17.6. The van der Waals surface area contributed by atoms with Crippen molar-refractivity contribution in [3.63, 3.8) is 0 Å². The van der Waals surface area contributed by atoms with Gasteiger partial charge in [-0.1, -0.05) is 5.16 Å². The number of rotatable bonds is 7. The minimum atomic E-state index is -4.45. The maximum Gasteiger partial charge on any atom is 0.439 e. The number of nitrogens with one attached hydrogen (secondary N) is 2. The fourth-order valence-electron chi connectivity index (χ4n) is 3.15. The molecule has 0 aliphatic heterocycles. The molecule has 0 bridgehead atoms. The number of pyridine rings is 1. The minimum absolute atomic E-state index is 0.0719. The van der Waals surface area contributed by atoms with E-state index in [1.807, 2.05) is 4.57 Å². The van der Waals surface area contributed by atoms with Gasteiger partial charge in [0.2, 0.25) is 0 Å². The molecule has 0 saturated heterocycles. The summed E-state index contributed by atoms with van der Waals surface area (Å²) in [6, 6.07) is 4.50. The van der Waals surface area contributed by atoms with Gasteiger partial charge in [0.05, 0.1) is 18.4 Å². The number of aryl methyl sites for hydroxylation is 1. The van der Waals surface area contributed by atoms with E-state index in [2.05, 4.69) is 29.9 Å². The molecule has 33 heavy (non-hydrogen) atoms. The first-order chi connectivity index (χ1) is 15.7. The van der Waals surface area contributed by atoms with Gasteiger partial charge in [-0.05, 0) is 38.1 Å². The quantitative estimate of drug-likeness (QED) is 0.428. The Balaban J connectivity index is 1.72. The summed E-state index contributed by atoms with van der Waals surface area (Å²) in [5, 5.41) is 6.75. The van der Waals surface area contributed by atoms with Crippen molar-refractivity contribution in [2.24, 2.45) is 0 Å². The average molecular weight is 460 g/mol. The summed E-state index contributed by atoms with van der Waals surface area (Å²) in [4.78, 5) is 22.6. The maximum atomic E-state index is 12.9. The van der Waals surface area contributed by atoms with Crippen molar-refractivity contribution < 1.29 is 22.4 Å². The second-order valence-electron chi connectivity index (χ2n) is 7.17. The lowest BCUT2D eigenvalue weighted by Gasteiger charge is -2.19. The van der Waals surface area contributed by atoms with E-state index in [4.69, 9.17) is 4.74 Å². The largest absolute Gasteiger partial charge is 0.490 e. The van der Waals surface area contributed by atoms with Crippen molar-refractivity contribution in [1.29, 1.82) is 0 Å². The first kappa shape index (κ1) is 22.1. The Morgan fingerprint density at radius 3 is 2.58 bits per heavy atom. The SMILES string of the molecule is Cc1nc(Nc2ccc(C(F)(F)F)cc2)c(-c2noc(=O)[nH]2)c(OCCn2ccnc2)c1C. The number of hydrogen-bond donors (Lipinski definition) is 2. The van der Waals surface area contributed by atoms with Crippen LogP contribution in [0.1, 0.15) is 16.8 Å². The number of aromatic nitrogens is 5. The van der Waals surface area contributed by atoms with Gasteiger partial charge >= 0.3 is 11.9 Å². The lowest BCUT2D eigenvalue weighted by molar-refractivity contribution is -0.137. The van der Waals surface area contributed by atoms with Crippen LogP contribution >= 0.6 is 0 Å². The van der Waals surface area contributed by atoms with Crippen LogP contribution in [0.5, 0.6) is 5.75 Å². The summed E-state index contributed by atoms with van der Waals surface area (Å²) in [5.74, 6) is -0.0580. The summed E-state index contributed by atoms with van der Waals surface area (Å²) in [7, 11) is 0. The molecular formula is C21H19F3N6O3. The highest BCUT2D eigenvalue weighted by atomic mass is 19.4. The topological polar surface area (TPSA) is 111 Å². The number of alkyl halides is 3. The number of ether oxygens (including phenoxy) is 1. The van der Waals surface area contributed by atoms with Gasteiger partial charge in [-0.3, -0.25) is 9.51 Å². The molecule has 4 rings (SSSR count). The number of anilines is 2. The van der Waals surface area contributed by atoms with Gasteiger partial charge in [-0.25, -0.2) is 14.8 Å². The van der Waals surface area contributed by atoms with Crippen LogP contribution in [0.4, 0.5) is 24.7 Å². The Kier molecular flexibility index (Phi) is 5.90. The van der Waals surface area contributed by atoms with Crippen molar-refractivity contribution in [2.75, 3.05) is 11.9 Å². The second-order valence-corrected chi connectivity index (χ2v) is 7.17. The van der Waals surface area contributed by atoms with Gasteiger partial charge in [0.1, 0.15) is 23.7 Å². The minimum Gasteiger partial charge on any atom is -0.490 e. The molecule has 3 aromatic heterocycles. The van der Waals surface area contributed by atoms with E-state index in [9.17, 15) is 18.0 Å². The number of hydrogen-bond acceptors (Lipinski definition) is 7. The molecule has 0 saturated carbocycles. The van der Waals surface area contributed by atoms with E-state index < -0.39 is 17.5 Å². The van der Waals surface area contributed by atoms with Crippen molar-refractivity contribution in [2.45, 2.75) is 26.6 Å². The molecule has 0 aliphatic rings. The monoisotopic (exact) mass is 460 g/mol. The van der Waals surface area contributed by atoms with Crippen molar-refractivity contribution in [3.05, 3.63) is 70.4 Å². The number of benzene rings is 1. The highest BCUT2D eigenvalue weighted by Crippen LogP contribution is 2.39. The van der Waals surface area contributed by atoms with Gasteiger partial charge in [-0.2, -0.15) is 13.2 Å². The number of aromatic amines is 1. The molecule has 12 heteroatoms. The second kappa shape index (κ2) is 8.81. The van der Waals surface area contributed by atoms with Crippen LogP contribution in [0.15, 0.2) is 52.3 Å². The fourth-order valence-corrected chi connectivity index (χ4v) is 3.15. The molecule has 9 nitrogen and oxygen atoms in total. The number of nitrogens with zero attached hydrogens (tertiary/aromatic N) is 4. The molecule has 0 fully saturated rings. The lowest BCUT2D eigenvalue weighted by Crippen LogP contribution is -2.11.